The highest BCUT2D eigenvalue weighted by atomic mass is 19.1. The first-order chi connectivity index (χ1) is 12.5. The molecule has 0 aliphatic carbocycles. The molecule has 1 heterocycles. The van der Waals surface area contributed by atoms with Gasteiger partial charge >= 0.3 is 0 Å². The molecule has 1 amide bonds. The minimum absolute atomic E-state index is 0.142. The van der Waals surface area contributed by atoms with Crippen LogP contribution in [0.3, 0.4) is 0 Å². The fourth-order valence-corrected chi connectivity index (χ4v) is 2.20. The van der Waals surface area contributed by atoms with Crippen LogP contribution in [0.2, 0.25) is 0 Å². The average molecular weight is 353 g/mol. The van der Waals surface area contributed by atoms with Gasteiger partial charge in [-0.25, -0.2) is 9.07 Å². The molecule has 26 heavy (non-hydrogen) atoms. The van der Waals surface area contributed by atoms with Crippen molar-refractivity contribution in [2.75, 3.05) is 5.32 Å². The molecule has 7 heteroatoms. The predicted molar refractivity (Wildman–Crippen MR) is 94.6 cm³/mol. The number of hydrogen-bond donors (Lipinski definition) is 1. The van der Waals surface area contributed by atoms with Gasteiger partial charge in [0.15, 0.2) is 0 Å². The number of aromatic nitrogens is 2. The Kier molecular flexibility index (Phi) is 5.07. The molecule has 3 aromatic rings. The van der Waals surface area contributed by atoms with Crippen molar-refractivity contribution >= 4 is 11.6 Å². The summed E-state index contributed by atoms with van der Waals surface area (Å²) in [5.41, 5.74) is 1.28. The van der Waals surface area contributed by atoms with Gasteiger partial charge in [0.25, 0.3) is 11.5 Å². The highest BCUT2D eigenvalue weighted by Gasteiger charge is 2.09. The topological polar surface area (TPSA) is 73.2 Å². The molecular formula is C19H16FN3O3. The highest BCUT2D eigenvalue weighted by molar-refractivity contribution is 6.02. The maximum atomic E-state index is 12.9. The lowest BCUT2D eigenvalue weighted by Crippen LogP contribution is -2.23. The van der Waals surface area contributed by atoms with E-state index in [1.807, 2.05) is 0 Å². The smallest absolute Gasteiger partial charge is 0.276 e. The normalized spacial score (nSPS) is 10.4. The Balaban J connectivity index is 1.60. The van der Waals surface area contributed by atoms with Crippen molar-refractivity contribution in [2.45, 2.75) is 6.61 Å². The number of halogens is 1. The largest absolute Gasteiger partial charge is 0.489 e. The van der Waals surface area contributed by atoms with Crippen LogP contribution in [0.25, 0.3) is 0 Å². The number of rotatable bonds is 5. The summed E-state index contributed by atoms with van der Waals surface area (Å²) in [5.74, 6) is -0.0880. The van der Waals surface area contributed by atoms with E-state index in [1.165, 1.54) is 31.3 Å². The second-order valence-electron chi connectivity index (χ2n) is 5.57. The third kappa shape index (κ3) is 4.32. The number of hydrogen-bond acceptors (Lipinski definition) is 4. The van der Waals surface area contributed by atoms with Gasteiger partial charge in [0, 0.05) is 18.8 Å². The Morgan fingerprint density at radius 1 is 1.08 bits per heavy atom. The van der Waals surface area contributed by atoms with E-state index in [0.29, 0.717) is 18.0 Å². The van der Waals surface area contributed by atoms with Crippen molar-refractivity contribution in [3.05, 3.63) is 88.1 Å². The lowest BCUT2D eigenvalue weighted by atomic mass is 10.2. The quantitative estimate of drug-likeness (QED) is 0.765. The fraction of sp³-hybridized carbons (Fsp3) is 0.105. The van der Waals surface area contributed by atoms with Gasteiger partial charge in [0.05, 0.1) is 0 Å². The van der Waals surface area contributed by atoms with Crippen molar-refractivity contribution in [1.82, 2.24) is 9.78 Å². The molecular weight excluding hydrogens is 337 g/mol. The van der Waals surface area contributed by atoms with Crippen molar-refractivity contribution in [3.8, 4) is 5.75 Å². The van der Waals surface area contributed by atoms with Gasteiger partial charge in [0.1, 0.15) is 23.9 Å². The van der Waals surface area contributed by atoms with Gasteiger partial charge < -0.3 is 10.1 Å². The minimum atomic E-state index is -0.416. The summed E-state index contributed by atoms with van der Waals surface area (Å²) >= 11 is 0. The molecule has 0 spiro atoms. The zero-order valence-electron chi connectivity index (χ0n) is 14.0. The fourth-order valence-electron chi connectivity index (χ4n) is 2.20. The van der Waals surface area contributed by atoms with Crippen molar-refractivity contribution in [3.63, 3.8) is 0 Å². The van der Waals surface area contributed by atoms with Crippen LogP contribution < -0.4 is 15.6 Å². The number of carbonyl (C=O) groups excluding carboxylic acids is 1. The summed E-state index contributed by atoms with van der Waals surface area (Å²) < 4.78 is 19.6. The Labute approximate surface area is 148 Å². The molecule has 2 aromatic carbocycles. The Morgan fingerprint density at radius 2 is 1.77 bits per heavy atom. The van der Waals surface area contributed by atoms with E-state index in [-0.39, 0.29) is 17.1 Å². The van der Waals surface area contributed by atoms with Gasteiger partial charge in [-0.3, -0.25) is 9.59 Å². The number of anilines is 1. The second-order valence-corrected chi connectivity index (χ2v) is 5.57. The van der Waals surface area contributed by atoms with Crippen LogP contribution in [-0.2, 0) is 13.7 Å². The third-order valence-electron chi connectivity index (χ3n) is 3.62. The van der Waals surface area contributed by atoms with Crippen LogP contribution in [0, 0.1) is 5.82 Å². The van der Waals surface area contributed by atoms with Gasteiger partial charge in [-0.1, -0.05) is 12.1 Å². The van der Waals surface area contributed by atoms with Gasteiger partial charge in [-0.2, -0.15) is 5.10 Å². The van der Waals surface area contributed by atoms with Crippen LogP contribution in [0.1, 0.15) is 16.1 Å². The molecule has 0 fully saturated rings. The van der Waals surface area contributed by atoms with E-state index >= 15 is 0 Å². The van der Waals surface area contributed by atoms with Crippen LogP contribution in [-0.4, -0.2) is 15.7 Å². The first-order valence-electron chi connectivity index (χ1n) is 7.84. The standard InChI is InChI=1S/C19H16FN3O3/c1-23-18(24)11-10-17(22-23)19(25)21-15-6-8-16(9-7-15)26-12-13-2-4-14(20)5-3-13/h2-11H,12H2,1H3,(H,21,25). The van der Waals surface area contributed by atoms with Crippen LogP contribution >= 0.6 is 0 Å². The molecule has 0 saturated heterocycles. The maximum absolute atomic E-state index is 12.9. The molecule has 1 aromatic heterocycles. The minimum Gasteiger partial charge on any atom is -0.489 e. The number of carbonyl (C=O) groups is 1. The van der Waals surface area contributed by atoms with E-state index in [4.69, 9.17) is 4.74 Å². The number of nitrogens with one attached hydrogen (secondary N) is 1. The molecule has 0 bridgehead atoms. The zero-order chi connectivity index (χ0) is 18.5. The summed E-state index contributed by atoms with van der Waals surface area (Å²) in [5, 5.41) is 6.59. The first-order valence-corrected chi connectivity index (χ1v) is 7.84. The summed E-state index contributed by atoms with van der Waals surface area (Å²) in [4.78, 5) is 23.5. The zero-order valence-corrected chi connectivity index (χ0v) is 14.0. The van der Waals surface area contributed by atoms with E-state index in [2.05, 4.69) is 10.4 Å². The summed E-state index contributed by atoms with van der Waals surface area (Å²) in [6, 6.07) is 15.6. The molecule has 0 saturated carbocycles. The molecule has 3 rings (SSSR count). The lowest BCUT2D eigenvalue weighted by molar-refractivity contribution is 0.102. The summed E-state index contributed by atoms with van der Waals surface area (Å²) in [6.45, 7) is 0.313. The molecule has 0 aliphatic rings. The molecule has 0 aliphatic heterocycles. The average Bonchev–Trinajstić information content (AvgIpc) is 2.64. The predicted octanol–water partition coefficient (Wildman–Crippen LogP) is 2.75. The Morgan fingerprint density at radius 3 is 2.42 bits per heavy atom. The number of benzene rings is 2. The van der Waals surface area contributed by atoms with Crippen molar-refractivity contribution in [2.24, 2.45) is 7.05 Å². The number of nitrogens with zero attached hydrogens (tertiary/aromatic N) is 2. The first kappa shape index (κ1) is 17.3. The van der Waals surface area contributed by atoms with E-state index < -0.39 is 5.91 Å². The van der Waals surface area contributed by atoms with Gasteiger partial charge in [-0.15, -0.1) is 0 Å². The number of aryl methyl sites for hydroxylation is 1. The van der Waals surface area contributed by atoms with Crippen molar-refractivity contribution in [1.29, 1.82) is 0 Å². The lowest BCUT2D eigenvalue weighted by Gasteiger charge is -2.08. The summed E-state index contributed by atoms with van der Waals surface area (Å²) in [6.07, 6.45) is 0. The maximum Gasteiger partial charge on any atom is 0.276 e. The van der Waals surface area contributed by atoms with Crippen LogP contribution in [0.4, 0.5) is 10.1 Å². The Bertz CT molecular complexity index is 967. The number of ether oxygens (including phenoxy) is 1. The van der Waals surface area contributed by atoms with Crippen LogP contribution in [0.5, 0.6) is 5.75 Å². The molecule has 132 valence electrons. The molecule has 1 N–H and O–H groups in total. The molecule has 0 unspecified atom stereocenters. The Hall–Kier alpha value is -3.48. The number of amides is 1. The van der Waals surface area contributed by atoms with E-state index in [9.17, 15) is 14.0 Å². The monoisotopic (exact) mass is 353 g/mol. The van der Waals surface area contributed by atoms with E-state index in [0.717, 1.165) is 10.2 Å². The molecule has 0 atom stereocenters. The van der Waals surface area contributed by atoms with E-state index in [1.54, 1.807) is 36.4 Å². The second kappa shape index (κ2) is 7.60. The molecule has 6 nitrogen and oxygen atoms in total. The van der Waals surface area contributed by atoms with Crippen LogP contribution in [0.15, 0.2) is 65.5 Å². The van der Waals surface area contributed by atoms with Gasteiger partial charge in [0.2, 0.25) is 0 Å². The summed E-state index contributed by atoms with van der Waals surface area (Å²) in [7, 11) is 1.48. The highest BCUT2D eigenvalue weighted by Crippen LogP contribution is 2.17. The van der Waals surface area contributed by atoms with Crippen molar-refractivity contribution < 1.29 is 13.9 Å². The molecule has 0 radical (unpaired) electrons. The van der Waals surface area contributed by atoms with Gasteiger partial charge in [-0.05, 0) is 48.0 Å². The third-order valence-corrected chi connectivity index (χ3v) is 3.62. The SMILES string of the molecule is Cn1nc(C(=O)Nc2ccc(OCc3ccc(F)cc3)cc2)ccc1=O.